The topological polar surface area (TPSA) is 130 Å². The molecule has 0 saturated carbocycles. The van der Waals surface area contributed by atoms with Crippen molar-refractivity contribution in [2.45, 2.75) is 25.7 Å². The van der Waals surface area contributed by atoms with Crippen LogP contribution in [0.1, 0.15) is 25.7 Å². The van der Waals surface area contributed by atoms with Gasteiger partial charge in [-0.1, -0.05) is 23.2 Å². The Morgan fingerprint density at radius 3 is 2.26 bits per heavy atom. The first-order valence-electron chi connectivity index (χ1n) is 9.97. The lowest BCUT2D eigenvalue weighted by atomic mass is 9.90. The smallest absolute Gasteiger partial charge is 0.419 e. The number of hydrogen-bond donors (Lipinski definition) is 2. The molecule has 13 heteroatoms. The number of aliphatic carboxylic acids is 1. The number of carboxylic acid groups (broad SMARTS) is 2. The molecular formula is C22H20Cl2FNO8S. The van der Waals surface area contributed by atoms with Crippen molar-refractivity contribution >= 4 is 64.2 Å². The molecule has 0 atom stereocenters. The monoisotopic (exact) mass is 547 g/mol. The second-order valence-electron chi connectivity index (χ2n) is 6.91. The highest BCUT2D eigenvalue weighted by Gasteiger charge is 2.33. The number of methoxy groups -OCH3 is 1. The number of hydrogen-bond acceptors (Lipinski definition) is 7. The summed E-state index contributed by atoms with van der Waals surface area (Å²) in [5, 5.41) is 20.5. The number of amides is 2. The van der Waals surface area contributed by atoms with Crippen LogP contribution in [0.15, 0.2) is 40.8 Å². The Kier molecular flexibility index (Phi) is 10.5. The molecule has 1 aliphatic carbocycles. The standard InChI is InChI=1S/C18H17ClFNO8.C4H3ClS/c1-28-15(22)8-29-14-7-13(12(20)6-11(14)19)21(18(26)27)16(23)9-4-2-3-5-10(9)17(24)25;5-4-2-1-3-6-4/h6-7H,2-5,8H2,1H3,(H,24,25)(H,26,27);1-3H. The normalized spacial score (nSPS) is 12.8. The molecule has 1 aromatic carbocycles. The number of esters is 1. The van der Waals surface area contributed by atoms with E-state index in [1.54, 1.807) is 11.3 Å². The number of imide groups is 1. The first kappa shape index (κ1) is 28.1. The summed E-state index contributed by atoms with van der Waals surface area (Å²) in [5.41, 5.74) is -1.13. The number of nitrogens with zero attached hydrogens (tertiary/aromatic N) is 1. The quantitative estimate of drug-likeness (QED) is 0.459. The molecule has 1 heterocycles. The van der Waals surface area contributed by atoms with E-state index in [4.69, 9.17) is 27.9 Å². The highest BCUT2D eigenvalue weighted by atomic mass is 35.5. The van der Waals surface area contributed by atoms with Crippen LogP contribution in [0.25, 0.3) is 0 Å². The van der Waals surface area contributed by atoms with Crippen LogP contribution in [0.4, 0.5) is 14.9 Å². The summed E-state index contributed by atoms with van der Waals surface area (Å²) in [6.07, 6.45) is -0.655. The van der Waals surface area contributed by atoms with Gasteiger partial charge in [0.2, 0.25) is 0 Å². The molecule has 0 bridgehead atoms. The maximum absolute atomic E-state index is 14.5. The molecule has 1 aromatic heterocycles. The van der Waals surface area contributed by atoms with Gasteiger partial charge in [0, 0.05) is 17.2 Å². The van der Waals surface area contributed by atoms with Crippen molar-refractivity contribution in [1.82, 2.24) is 0 Å². The van der Waals surface area contributed by atoms with Crippen LogP contribution in [-0.2, 0) is 19.1 Å². The molecule has 3 rings (SSSR count). The van der Waals surface area contributed by atoms with E-state index in [0.29, 0.717) is 12.8 Å². The summed E-state index contributed by atoms with van der Waals surface area (Å²) >= 11 is 12.9. The summed E-state index contributed by atoms with van der Waals surface area (Å²) in [7, 11) is 1.12. The predicted octanol–water partition coefficient (Wildman–Crippen LogP) is 5.40. The maximum Gasteiger partial charge on any atom is 0.419 e. The SMILES string of the molecule is COC(=O)COc1cc(N(C(=O)O)C(=O)C2=C(C(=O)O)CCCC2)c(F)cc1Cl.Clc1cccs1. The zero-order chi connectivity index (χ0) is 26.1. The van der Waals surface area contributed by atoms with Crippen molar-refractivity contribution < 1.29 is 43.3 Å². The number of carbonyl (C=O) groups is 4. The Bertz CT molecular complexity index is 1140. The van der Waals surface area contributed by atoms with Gasteiger partial charge in [0.15, 0.2) is 6.61 Å². The molecule has 0 aliphatic heterocycles. The molecule has 0 unspecified atom stereocenters. The minimum Gasteiger partial charge on any atom is -0.480 e. The van der Waals surface area contributed by atoms with Gasteiger partial charge in [-0.3, -0.25) is 4.79 Å². The average molecular weight is 548 g/mol. The molecule has 2 N–H and O–H groups in total. The van der Waals surface area contributed by atoms with Crippen LogP contribution in [0, 0.1) is 5.82 Å². The zero-order valence-corrected chi connectivity index (χ0v) is 20.6. The van der Waals surface area contributed by atoms with E-state index >= 15 is 0 Å². The summed E-state index contributed by atoms with van der Waals surface area (Å²) in [6.45, 7) is -0.587. The third kappa shape index (κ3) is 7.67. The zero-order valence-electron chi connectivity index (χ0n) is 18.3. The minimum absolute atomic E-state index is 0.0468. The van der Waals surface area contributed by atoms with Gasteiger partial charge in [-0.2, -0.15) is 0 Å². The van der Waals surface area contributed by atoms with Crippen LogP contribution in [0.3, 0.4) is 0 Å². The summed E-state index contributed by atoms with van der Waals surface area (Å²) in [4.78, 5) is 47.3. The molecule has 0 saturated heterocycles. The molecule has 188 valence electrons. The van der Waals surface area contributed by atoms with Gasteiger partial charge in [0.05, 0.1) is 22.2 Å². The van der Waals surface area contributed by atoms with E-state index in [2.05, 4.69) is 4.74 Å². The number of benzene rings is 1. The van der Waals surface area contributed by atoms with E-state index < -0.39 is 42.1 Å². The lowest BCUT2D eigenvalue weighted by molar-refractivity contribution is -0.143. The van der Waals surface area contributed by atoms with Crippen LogP contribution in [0.2, 0.25) is 9.36 Å². The number of thiophene rings is 1. The molecule has 0 spiro atoms. The molecule has 0 fully saturated rings. The second-order valence-corrected chi connectivity index (χ2v) is 8.89. The third-order valence-electron chi connectivity index (χ3n) is 4.68. The average Bonchev–Trinajstić information content (AvgIpc) is 3.30. The van der Waals surface area contributed by atoms with Crippen molar-refractivity contribution in [2.24, 2.45) is 0 Å². The highest BCUT2D eigenvalue weighted by Crippen LogP contribution is 2.35. The highest BCUT2D eigenvalue weighted by molar-refractivity contribution is 7.14. The maximum atomic E-state index is 14.5. The van der Waals surface area contributed by atoms with Crippen molar-refractivity contribution in [3.63, 3.8) is 0 Å². The number of carboxylic acids is 1. The molecule has 2 amide bonds. The number of carbonyl (C=O) groups excluding carboxylic acids is 2. The van der Waals surface area contributed by atoms with Gasteiger partial charge in [0.1, 0.15) is 11.6 Å². The lowest BCUT2D eigenvalue weighted by Gasteiger charge is -2.23. The van der Waals surface area contributed by atoms with Gasteiger partial charge in [-0.25, -0.2) is 23.7 Å². The Morgan fingerprint density at radius 1 is 1.11 bits per heavy atom. The first-order chi connectivity index (χ1) is 16.6. The van der Waals surface area contributed by atoms with Gasteiger partial charge < -0.3 is 19.7 Å². The number of anilines is 1. The van der Waals surface area contributed by atoms with Crippen molar-refractivity contribution in [1.29, 1.82) is 0 Å². The second kappa shape index (κ2) is 13.1. The number of rotatable bonds is 6. The third-order valence-corrected chi connectivity index (χ3v) is 6.02. The van der Waals surface area contributed by atoms with Crippen molar-refractivity contribution in [3.8, 4) is 5.75 Å². The molecule has 35 heavy (non-hydrogen) atoms. The lowest BCUT2D eigenvalue weighted by Crippen LogP contribution is -2.38. The van der Waals surface area contributed by atoms with E-state index in [-0.39, 0.29) is 39.7 Å². The number of halogens is 3. The predicted molar refractivity (Wildman–Crippen MR) is 127 cm³/mol. The fourth-order valence-electron chi connectivity index (χ4n) is 3.07. The summed E-state index contributed by atoms with van der Waals surface area (Å²) < 4.78 is 24.8. The first-order valence-corrected chi connectivity index (χ1v) is 11.6. The fourth-order valence-corrected chi connectivity index (χ4v) is 3.94. The van der Waals surface area contributed by atoms with E-state index in [1.165, 1.54) is 0 Å². The molecule has 1 aliphatic rings. The Morgan fingerprint density at radius 2 is 1.77 bits per heavy atom. The molecule has 0 radical (unpaired) electrons. The fraction of sp³-hybridized carbons (Fsp3) is 0.273. The van der Waals surface area contributed by atoms with Gasteiger partial charge in [0.25, 0.3) is 5.91 Å². The number of ether oxygens (including phenoxy) is 2. The van der Waals surface area contributed by atoms with Gasteiger partial charge >= 0.3 is 18.0 Å². The van der Waals surface area contributed by atoms with Gasteiger partial charge in [-0.15, -0.1) is 11.3 Å². The van der Waals surface area contributed by atoms with Crippen molar-refractivity contribution in [3.05, 3.63) is 56.0 Å². The summed E-state index contributed by atoms with van der Waals surface area (Å²) in [6, 6.07) is 5.36. The molecule has 9 nitrogen and oxygen atoms in total. The van der Waals surface area contributed by atoms with E-state index in [1.807, 2.05) is 17.5 Å². The molecule has 2 aromatic rings. The Labute approximate surface area is 213 Å². The Balaban J connectivity index is 0.000000625. The Hall–Kier alpha value is -3.15. The molecular weight excluding hydrogens is 528 g/mol. The van der Waals surface area contributed by atoms with Gasteiger partial charge in [-0.05, 0) is 49.3 Å². The van der Waals surface area contributed by atoms with Crippen LogP contribution in [-0.4, -0.2) is 47.9 Å². The van der Waals surface area contributed by atoms with Crippen molar-refractivity contribution in [2.75, 3.05) is 18.6 Å². The van der Waals surface area contributed by atoms with Crippen LogP contribution < -0.4 is 9.64 Å². The van der Waals surface area contributed by atoms with Crippen LogP contribution in [0.5, 0.6) is 5.75 Å². The van der Waals surface area contributed by atoms with E-state index in [0.717, 1.165) is 23.6 Å². The minimum atomic E-state index is -1.82. The van der Waals surface area contributed by atoms with Crippen LogP contribution >= 0.6 is 34.5 Å². The largest absolute Gasteiger partial charge is 0.480 e. The van der Waals surface area contributed by atoms with E-state index in [9.17, 15) is 33.8 Å². The summed E-state index contributed by atoms with van der Waals surface area (Å²) in [5.74, 6) is -4.68.